The number of unbranched alkanes of at least 4 members (excludes halogenated alkanes) is 2. The summed E-state index contributed by atoms with van der Waals surface area (Å²) >= 11 is 1.18. The summed E-state index contributed by atoms with van der Waals surface area (Å²) < 4.78 is 28.0. The molecule has 1 saturated heterocycles. The summed E-state index contributed by atoms with van der Waals surface area (Å²) in [5, 5.41) is 4.54. The van der Waals surface area contributed by atoms with Crippen molar-refractivity contribution in [1.29, 1.82) is 0 Å². The van der Waals surface area contributed by atoms with E-state index in [1.165, 1.54) is 26.8 Å². The Bertz CT molecular complexity index is 977. The Hall–Kier alpha value is -1.90. The van der Waals surface area contributed by atoms with Gasteiger partial charge in [0.1, 0.15) is 9.77 Å². The zero-order chi connectivity index (χ0) is 21.7. The predicted octanol–water partition coefficient (Wildman–Crippen LogP) is 3.80. The first-order valence-corrected chi connectivity index (χ1v) is 12.8. The number of carbonyl (C=O) groups is 1. The molecule has 2 aromatic rings. The van der Waals surface area contributed by atoms with Crippen molar-refractivity contribution in [2.75, 3.05) is 37.6 Å². The van der Waals surface area contributed by atoms with Gasteiger partial charge in [-0.2, -0.15) is 4.31 Å². The van der Waals surface area contributed by atoms with Crippen LogP contribution < -0.4 is 10.2 Å². The van der Waals surface area contributed by atoms with E-state index in [0.29, 0.717) is 32.7 Å². The molecule has 1 fully saturated rings. The van der Waals surface area contributed by atoms with Gasteiger partial charge in [0.15, 0.2) is 0 Å². The molecular formula is C22H31N3O3S2. The number of aryl methyl sites for hydroxylation is 2. The number of hydrogen-bond acceptors (Lipinski definition) is 5. The molecule has 0 unspecified atom stereocenters. The van der Waals surface area contributed by atoms with Crippen molar-refractivity contribution in [3.63, 3.8) is 0 Å². The highest BCUT2D eigenvalue weighted by molar-refractivity contribution is 7.89. The van der Waals surface area contributed by atoms with Crippen LogP contribution in [-0.4, -0.2) is 51.4 Å². The first-order chi connectivity index (χ1) is 14.3. The van der Waals surface area contributed by atoms with Gasteiger partial charge in [0, 0.05) is 38.4 Å². The van der Waals surface area contributed by atoms with Crippen molar-refractivity contribution in [3.05, 3.63) is 45.6 Å². The van der Waals surface area contributed by atoms with E-state index in [4.69, 9.17) is 0 Å². The first kappa shape index (κ1) is 22.8. The number of nitrogens with one attached hydrogen (secondary N) is 1. The van der Waals surface area contributed by atoms with E-state index in [1.807, 2.05) is 0 Å². The monoisotopic (exact) mass is 449 g/mol. The fourth-order valence-electron chi connectivity index (χ4n) is 3.69. The molecule has 1 aliphatic rings. The number of amides is 1. The first-order valence-electron chi connectivity index (χ1n) is 10.5. The maximum Gasteiger partial charge on any atom is 0.262 e. The summed E-state index contributed by atoms with van der Waals surface area (Å²) in [7, 11) is -3.70. The Labute approximate surface area is 183 Å². The van der Waals surface area contributed by atoms with Gasteiger partial charge in [-0.25, -0.2) is 8.42 Å². The zero-order valence-electron chi connectivity index (χ0n) is 18.0. The zero-order valence-corrected chi connectivity index (χ0v) is 19.6. The molecule has 3 rings (SSSR count). The second-order valence-electron chi connectivity index (χ2n) is 7.76. The van der Waals surface area contributed by atoms with Crippen molar-refractivity contribution >= 4 is 33.0 Å². The number of rotatable bonds is 8. The van der Waals surface area contributed by atoms with E-state index in [9.17, 15) is 13.2 Å². The average Bonchev–Trinajstić information content (AvgIpc) is 3.24. The molecule has 0 spiro atoms. The molecule has 30 heavy (non-hydrogen) atoms. The third kappa shape index (κ3) is 5.04. The molecule has 0 aliphatic carbocycles. The number of benzene rings is 1. The molecule has 6 nitrogen and oxygen atoms in total. The predicted molar refractivity (Wildman–Crippen MR) is 123 cm³/mol. The van der Waals surface area contributed by atoms with Crippen molar-refractivity contribution in [1.82, 2.24) is 9.62 Å². The fourth-order valence-corrected chi connectivity index (χ4v) is 6.43. The lowest BCUT2D eigenvalue weighted by atomic mass is 10.1. The molecule has 1 aromatic heterocycles. The Morgan fingerprint density at radius 1 is 1.10 bits per heavy atom. The minimum absolute atomic E-state index is 0.126. The second kappa shape index (κ2) is 9.94. The number of sulfonamides is 1. The van der Waals surface area contributed by atoms with Crippen LogP contribution in [0.15, 0.2) is 34.5 Å². The van der Waals surface area contributed by atoms with Crippen LogP contribution in [-0.2, 0) is 10.0 Å². The van der Waals surface area contributed by atoms with Gasteiger partial charge in [0.2, 0.25) is 10.0 Å². The molecule has 1 N–H and O–H groups in total. The highest BCUT2D eigenvalue weighted by Gasteiger charge is 2.32. The van der Waals surface area contributed by atoms with Crippen LogP contribution in [0.3, 0.4) is 0 Å². The number of anilines is 1. The van der Waals surface area contributed by atoms with Gasteiger partial charge in [0.25, 0.3) is 5.91 Å². The van der Waals surface area contributed by atoms with Crippen LogP contribution in [0.2, 0.25) is 0 Å². The topological polar surface area (TPSA) is 69.7 Å². The van der Waals surface area contributed by atoms with Gasteiger partial charge in [0.05, 0.1) is 0 Å². The van der Waals surface area contributed by atoms with E-state index >= 15 is 0 Å². The summed E-state index contributed by atoms with van der Waals surface area (Å²) in [6, 6.07) is 7.90. The minimum Gasteiger partial charge on any atom is -0.369 e. The summed E-state index contributed by atoms with van der Waals surface area (Å²) in [5.41, 5.74) is 3.55. The fraction of sp³-hybridized carbons (Fsp3) is 0.500. The Balaban J connectivity index is 1.68. The number of hydrogen-bond donors (Lipinski definition) is 1. The van der Waals surface area contributed by atoms with Gasteiger partial charge in [-0.15, -0.1) is 11.3 Å². The Kier molecular flexibility index (Phi) is 7.55. The molecule has 1 aliphatic heterocycles. The van der Waals surface area contributed by atoms with Gasteiger partial charge >= 0.3 is 0 Å². The van der Waals surface area contributed by atoms with Gasteiger partial charge in [-0.3, -0.25) is 4.79 Å². The summed E-state index contributed by atoms with van der Waals surface area (Å²) in [5.74, 6) is -0.298. The molecule has 0 atom stereocenters. The van der Waals surface area contributed by atoms with Crippen LogP contribution in [0.1, 0.15) is 47.0 Å². The largest absolute Gasteiger partial charge is 0.369 e. The SMILES string of the molecule is CCCCCNC(=O)c1sccc1S(=O)(=O)N1CCN(c2cc(C)ccc2C)CC1. The lowest BCUT2D eigenvalue weighted by Gasteiger charge is -2.36. The summed E-state index contributed by atoms with van der Waals surface area (Å²) in [6.45, 7) is 8.89. The normalized spacial score (nSPS) is 15.4. The summed E-state index contributed by atoms with van der Waals surface area (Å²) in [4.78, 5) is 15.2. The van der Waals surface area contributed by atoms with Crippen LogP contribution in [0, 0.1) is 13.8 Å². The molecule has 0 saturated carbocycles. The van der Waals surface area contributed by atoms with E-state index in [1.54, 1.807) is 11.4 Å². The second-order valence-corrected chi connectivity index (χ2v) is 10.6. The molecule has 8 heteroatoms. The van der Waals surface area contributed by atoms with Crippen molar-refractivity contribution in [2.45, 2.75) is 44.9 Å². The third-order valence-electron chi connectivity index (χ3n) is 5.46. The maximum absolute atomic E-state index is 13.2. The standard InChI is InChI=1S/C22H31N3O3S2/c1-4-5-6-10-23-22(26)21-20(9-15-29-21)30(27,28)25-13-11-24(12-14-25)19-16-17(2)7-8-18(19)3/h7-9,15-16H,4-6,10-14H2,1-3H3,(H,23,26). The minimum atomic E-state index is -3.70. The van der Waals surface area contributed by atoms with Crippen LogP contribution in [0.4, 0.5) is 5.69 Å². The van der Waals surface area contributed by atoms with Gasteiger partial charge in [-0.05, 0) is 48.9 Å². The maximum atomic E-state index is 13.2. The quantitative estimate of drug-likeness (QED) is 0.623. The van der Waals surface area contributed by atoms with Gasteiger partial charge < -0.3 is 10.2 Å². The summed E-state index contributed by atoms with van der Waals surface area (Å²) in [6.07, 6.45) is 3.01. The molecule has 1 aromatic carbocycles. The van der Waals surface area contributed by atoms with Crippen molar-refractivity contribution < 1.29 is 13.2 Å². The smallest absolute Gasteiger partial charge is 0.262 e. The lowest BCUT2D eigenvalue weighted by Crippen LogP contribution is -2.49. The molecule has 0 bridgehead atoms. The van der Waals surface area contributed by atoms with Crippen LogP contribution in [0.25, 0.3) is 0 Å². The number of carbonyl (C=O) groups excluding carboxylic acids is 1. The number of piperazine rings is 1. The third-order valence-corrected chi connectivity index (χ3v) is 8.45. The number of nitrogens with zero attached hydrogens (tertiary/aromatic N) is 2. The molecule has 2 heterocycles. The highest BCUT2D eigenvalue weighted by Crippen LogP contribution is 2.28. The van der Waals surface area contributed by atoms with E-state index < -0.39 is 10.0 Å². The van der Waals surface area contributed by atoms with Crippen molar-refractivity contribution in [2.24, 2.45) is 0 Å². The van der Waals surface area contributed by atoms with E-state index in [0.717, 1.165) is 24.9 Å². The van der Waals surface area contributed by atoms with Crippen molar-refractivity contribution in [3.8, 4) is 0 Å². The Morgan fingerprint density at radius 3 is 2.53 bits per heavy atom. The molecule has 1 amide bonds. The lowest BCUT2D eigenvalue weighted by molar-refractivity contribution is 0.0954. The Morgan fingerprint density at radius 2 is 1.83 bits per heavy atom. The number of thiophene rings is 1. The van der Waals surface area contributed by atoms with Gasteiger partial charge in [-0.1, -0.05) is 31.9 Å². The van der Waals surface area contributed by atoms with Crippen LogP contribution >= 0.6 is 11.3 Å². The molecular weight excluding hydrogens is 418 g/mol. The average molecular weight is 450 g/mol. The molecule has 0 radical (unpaired) electrons. The highest BCUT2D eigenvalue weighted by atomic mass is 32.2. The molecule has 164 valence electrons. The van der Waals surface area contributed by atoms with E-state index in [-0.39, 0.29) is 15.7 Å². The van der Waals surface area contributed by atoms with Crippen LogP contribution in [0.5, 0.6) is 0 Å². The van der Waals surface area contributed by atoms with E-state index in [2.05, 4.69) is 49.2 Å².